The van der Waals surface area contributed by atoms with Gasteiger partial charge in [-0.15, -0.1) is 10.2 Å². The van der Waals surface area contributed by atoms with Gasteiger partial charge in [0.25, 0.3) is 0 Å². The summed E-state index contributed by atoms with van der Waals surface area (Å²) in [6.07, 6.45) is 4.07. The van der Waals surface area contributed by atoms with Crippen LogP contribution in [0.1, 0.15) is 30.1 Å². The van der Waals surface area contributed by atoms with E-state index in [1.54, 1.807) is 0 Å². The topological polar surface area (TPSA) is 66.0 Å². The van der Waals surface area contributed by atoms with Gasteiger partial charge in [-0.2, -0.15) is 0 Å². The molecular weight excluding hydrogens is 288 g/mol. The number of rotatable bonds is 5. The molecule has 0 saturated carbocycles. The predicted molar refractivity (Wildman–Crippen MR) is 81.5 cm³/mol. The van der Waals surface area contributed by atoms with Crippen LogP contribution in [-0.2, 0) is 26.0 Å². The van der Waals surface area contributed by atoms with E-state index in [1.165, 1.54) is 12.8 Å². The Labute approximate surface area is 129 Å². The van der Waals surface area contributed by atoms with Gasteiger partial charge in [-0.3, -0.25) is 0 Å². The summed E-state index contributed by atoms with van der Waals surface area (Å²) in [6.45, 7) is 1.93. The maximum atomic E-state index is 6.22. The number of halogens is 1. The number of benzene rings is 1. The van der Waals surface area contributed by atoms with Crippen LogP contribution < -0.4 is 10.5 Å². The summed E-state index contributed by atoms with van der Waals surface area (Å²) in [5.41, 5.74) is 6.60. The van der Waals surface area contributed by atoms with Crippen LogP contribution in [0.15, 0.2) is 18.2 Å². The minimum absolute atomic E-state index is 0.408. The van der Waals surface area contributed by atoms with Crippen LogP contribution in [0.4, 0.5) is 0 Å². The van der Waals surface area contributed by atoms with Gasteiger partial charge in [-0.25, -0.2) is 0 Å². The number of ether oxygens (including phenoxy) is 1. The zero-order valence-electron chi connectivity index (χ0n) is 11.9. The fraction of sp³-hybridized carbons (Fsp3) is 0.467. The van der Waals surface area contributed by atoms with Crippen LogP contribution in [0.5, 0.6) is 5.75 Å². The molecule has 1 aromatic carbocycles. The van der Waals surface area contributed by atoms with Crippen molar-refractivity contribution < 1.29 is 4.74 Å². The van der Waals surface area contributed by atoms with E-state index in [0.717, 1.165) is 35.9 Å². The minimum atomic E-state index is 0.408. The van der Waals surface area contributed by atoms with E-state index in [-0.39, 0.29) is 0 Å². The second kappa shape index (κ2) is 6.45. The summed E-state index contributed by atoms with van der Waals surface area (Å²) in [5, 5.41) is 9.17. The van der Waals surface area contributed by atoms with E-state index in [0.29, 0.717) is 24.6 Å². The van der Waals surface area contributed by atoms with Crippen molar-refractivity contribution in [2.24, 2.45) is 5.73 Å². The van der Waals surface area contributed by atoms with Gasteiger partial charge in [0.2, 0.25) is 0 Å². The van der Waals surface area contributed by atoms with Gasteiger partial charge >= 0.3 is 0 Å². The molecule has 2 N–H and O–H groups in total. The molecule has 0 saturated heterocycles. The second-order valence-corrected chi connectivity index (χ2v) is 5.59. The van der Waals surface area contributed by atoms with Crippen molar-refractivity contribution >= 4 is 11.6 Å². The first-order valence-electron chi connectivity index (χ1n) is 7.31. The van der Waals surface area contributed by atoms with Crippen molar-refractivity contribution in [3.05, 3.63) is 40.4 Å². The molecule has 0 fully saturated rings. The monoisotopic (exact) mass is 306 g/mol. The third kappa shape index (κ3) is 3.04. The Morgan fingerprint density at radius 3 is 3.05 bits per heavy atom. The smallest absolute Gasteiger partial charge is 0.171 e. The van der Waals surface area contributed by atoms with Gasteiger partial charge in [0, 0.05) is 23.6 Å². The molecule has 2 heterocycles. The van der Waals surface area contributed by atoms with Crippen molar-refractivity contribution in [3.63, 3.8) is 0 Å². The molecule has 6 heteroatoms. The lowest BCUT2D eigenvalue weighted by molar-refractivity contribution is 0.283. The number of hydrogen-bond donors (Lipinski definition) is 1. The Morgan fingerprint density at radius 2 is 2.19 bits per heavy atom. The standard InChI is InChI=1S/C15H19ClN4O/c16-12-4-3-5-13(11(12)7-8-17)21-10-15-19-18-14-6-1-2-9-20(14)15/h3-5H,1-2,6-10,17H2. The molecule has 112 valence electrons. The largest absolute Gasteiger partial charge is 0.485 e. The summed E-state index contributed by atoms with van der Waals surface area (Å²) < 4.78 is 8.08. The normalized spacial score (nSPS) is 14.0. The summed E-state index contributed by atoms with van der Waals surface area (Å²) in [4.78, 5) is 0. The Morgan fingerprint density at radius 1 is 1.29 bits per heavy atom. The molecule has 5 nitrogen and oxygen atoms in total. The van der Waals surface area contributed by atoms with Crippen molar-refractivity contribution in [3.8, 4) is 5.75 Å². The third-order valence-electron chi connectivity index (χ3n) is 3.76. The van der Waals surface area contributed by atoms with Crippen LogP contribution in [0.2, 0.25) is 5.02 Å². The highest BCUT2D eigenvalue weighted by molar-refractivity contribution is 6.31. The first-order valence-corrected chi connectivity index (χ1v) is 7.68. The predicted octanol–water partition coefficient (Wildman–Crippen LogP) is 2.35. The number of nitrogens with zero attached hydrogens (tertiary/aromatic N) is 3. The highest BCUT2D eigenvalue weighted by Gasteiger charge is 2.16. The second-order valence-electron chi connectivity index (χ2n) is 5.19. The minimum Gasteiger partial charge on any atom is -0.485 e. The van der Waals surface area contributed by atoms with Crippen molar-refractivity contribution in [2.75, 3.05) is 6.54 Å². The highest BCUT2D eigenvalue weighted by Crippen LogP contribution is 2.27. The van der Waals surface area contributed by atoms with E-state index in [9.17, 15) is 0 Å². The van der Waals surface area contributed by atoms with Crippen LogP contribution in [0.3, 0.4) is 0 Å². The molecule has 1 aliphatic rings. The molecule has 0 spiro atoms. The van der Waals surface area contributed by atoms with E-state index in [2.05, 4.69) is 14.8 Å². The Balaban J connectivity index is 1.76. The quantitative estimate of drug-likeness (QED) is 0.921. The van der Waals surface area contributed by atoms with E-state index < -0.39 is 0 Å². The number of hydrogen-bond acceptors (Lipinski definition) is 4. The molecule has 0 aliphatic carbocycles. The Bertz CT molecular complexity index is 626. The number of aryl methyl sites for hydroxylation is 1. The molecule has 2 aromatic rings. The van der Waals surface area contributed by atoms with Crippen LogP contribution in [-0.4, -0.2) is 21.3 Å². The molecule has 0 radical (unpaired) electrons. The van der Waals surface area contributed by atoms with E-state index in [1.807, 2.05) is 18.2 Å². The summed E-state index contributed by atoms with van der Waals surface area (Å²) in [5.74, 6) is 2.72. The van der Waals surface area contributed by atoms with E-state index >= 15 is 0 Å². The first kappa shape index (κ1) is 14.4. The van der Waals surface area contributed by atoms with Gasteiger partial charge in [0.05, 0.1) is 0 Å². The third-order valence-corrected chi connectivity index (χ3v) is 4.12. The van der Waals surface area contributed by atoms with Crippen LogP contribution >= 0.6 is 11.6 Å². The zero-order valence-corrected chi connectivity index (χ0v) is 12.6. The lowest BCUT2D eigenvalue weighted by Crippen LogP contribution is -2.15. The summed E-state index contributed by atoms with van der Waals surface area (Å²) in [7, 11) is 0. The first-order chi connectivity index (χ1) is 10.3. The Hall–Kier alpha value is -1.59. The zero-order chi connectivity index (χ0) is 14.7. The summed E-state index contributed by atoms with van der Waals surface area (Å²) in [6, 6.07) is 5.67. The van der Waals surface area contributed by atoms with Crippen molar-refractivity contribution in [1.82, 2.24) is 14.8 Å². The molecule has 0 amide bonds. The van der Waals surface area contributed by atoms with Crippen molar-refractivity contribution in [1.29, 1.82) is 0 Å². The molecule has 3 rings (SSSR count). The number of aromatic nitrogens is 3. The van der Waals surface area contributed by atoms with Crippen molar-refractivity contribution in [2.45, 2.75) is 38.8 Å². The van der Waals surface area contributed by atoms with Gasteiger partial charge in [-0.05, 0) is 37.9 Å². The van der Waals surface area contributed by atoms with Crippen LogP contribution in [0.25, 0.3) is 0 Å². The fourth-order valence-corrected chi connectivity index (χ4v) is 2.94. The van der Waals surface area contributed by atoms with E-state index in [4.69, 9.17) is 22.1 Å². The Kier molecular flexibility index (Phi) is 4.41. The number of fused-ring (bicyclic) bond motifs is 1. The average Bonchev–Trinajstić information content (AvgIpc) is 2.91. The van der Waals surface area contributed by atoms with Gasteiger partial charge in [0.15, 0.2) is 5.82 Å². The molecule has 1 aromatic heterocycles. The maximum absolute atomic E-state index is 6.22. The molecular formula is C15H19ClN4O. The average molecular weight is 307 g/mol. The van der Waals surface area contributed by atoms with Gasteiger partial charge in [-0.1, -0.05) is 17.7 Å². The molecule has 1 aliphatic heterocycles. The fourth-order valence-electron chi connectivity index (χ4n) is 2.68. The van der Waals surface area contributed by atoms with Crippen LogP contribution in [0, 0.1) is 0 Å². The molecule has 0 unspecified atom stereocenters. The molecule has 21 heavy (non-hydrogen) atoms. The van der Waals surface area contributed by atoms with Gasteiger partial charge < -0.3 is 15.0 Å². The number of nitrogens with two attached hydrogens (primary N) is 1. The lowest BCUT2D eigenvalue weighted by atomic mass is 10.1. The lowest BCUT2D eigenvalue weighted by Gasteiger charge is -2.16. The maximum Gasteiger partial charge on any atom is 0.171 e. The van der Waals surface area contributed by atoms with Gasteiger partial charge in [0.1, 0.15) is 18.2 Å². The molecule has 0 atom stereocenters. The SMILES string of the molecule is NCCc1c(Cl)cccc1OCc1nnc2n1CCCC2. The molecule has 0 bridgehead atoms. The highest BCUT2D eigenvalue weighted by atomic mass is 35.5. The summed E-state index contributed by atoms with van der Waals surface area (Å²) >= 11 is 6.22.